The van der Waals surface area contributed by atoms with E-state index in [0.29, 0.717) is 22.9 Å². The number of ether oxygens (including phenoxy) is 2. The van der Waals surface area contributed by atoms with E-state index in [0.717, 1.165) is 52.5 Å². The van der Waals surface area contributed by atoms with Crippen LogP contribution in [0, 0.1) is 10.8 Å². The van der Waals surface area contributed by atoms with Crippen LogP contribution in [-0.2, 0) is 22.6 Å². The van der Waals surface area contributed by atoms with Gasteiger partial charge in [-0.3, -0.25) is 19.2 Å². The Bertz CT molecular complexity index is 1160. The van der Waals surface area contributed by atoms with E-state index < -0.39 is 0 Å². The Morgan fingerprint density at radius 3 is 1.38 bits per heavy atom. The van der Waals surface area contributed by atoms with Crippen molar-refractivity contribution in [3.63, 3.8) is 0 Å². The van der Waals surface area contributed by atoms with Gasteiger partial charge < -0.3 is 20.1 Å². The highest BCUT2D eigenvalue weighted by Crippen LogP contribution is 2.50. The molecule has 4 heterocycles. The van der Waals surface area contributed by atoms with Crippen LogP contribution in [0.4, 0.5) is 0 Å². The summed E-state index contributed by atoms with van der Waals surface area (Å²) in [5.41, 5.74) is 3.66. The maximum atomic E-state index is 6.26. The van der Waals surface area contributed by atoms with Crippen molar-refractivity contribution >= 4 is 0 Å². The highest BCUT2D eigenvalue weighted by Gasteiger charge is 2.47. The Hall–Kier alpha value is -1.82. The summed E-state index contributed by atoms with van der Waals surface area (Å²) in [7, 11) is 8.36. The van der Waals surface area contributed by atoms with Gasteiger partial charge in [-0.1, -0.05) is 27.7 Å². The lowest BCUT2D eigenvalue weighted by Gasteiger charge is -2.37. The zero-order valence-corrected chi connectivity index (χ0v) is 31.7. The second-order valence-electron chi connectivity index (χ2n) is 17.3. The third kappa shape index (κ3) is 9.69. The maximum Gasteiger partial charge on any atom is 0.0690 e. The van der Waals surface area contributed by atoms with Crippen LogP contribution in [0.25, 0.3) is 0 Å². The fourth-order valence-corrected chi connectivity index (χ4v) is 8.94. The summed E-state index contributed by atoms with van der Waals surface area (Å²) in [6.45, 7) is 17.2. The first kappa shape index (κ1) is 37.4. The topological polar surface area (TPSA) is 84.6 Å². The predicted molar refractivity (Wildman–Crippen MR) is 194 cm³/mol. The number of hydrogen-bond acceptors (Lipinski definition) is 8. The number of aromatic nitrogens is 4. The van der Waals surface area contributed by atoms with Gasteiger partial charge in [-0.2, -0.15) is 10.2 Å². The Labute approximate surface area is 291 Å². The second kappa shape index (κ2) is 16.0. The molecule has 2 aromatic heterocycles. The van der Waals surface area contributed by atoms with Crippen LogP contribution in [0.3, 0.4) is 0 Å². The SMILES string of the molecule is CNCCN(C)Cc1ccnn1C1CCC2(CC1)CC(C)(C)CO2.CNCCN(C)Cc1ccnn1C1CCC2(CC1)CC(C)(C)CO2. The Morgan fingerprint density at radius 1 is 0.688 bits per heavy atom. The molecule has 0 atom stereocenters. The normalized spacial score (nSPS) is 29.6. The third-order valence-electron chi connectivity index (χ3n) is 11.4. The van der Waals surface area contributed by atoms with Crippen LogP contribution >= 0.6 is 0 Å². The highest BCUT2D eigenvalue weighted by molar-refractivity contribution is 5.06. The lowest BCUT2D eigenvalue weighted by atomic mass is 9.75. The average Bonchev–Trinajstić information content (AvgIpc) is 3.83. The van der Waals surface area contributed by atoms with Crippen molar-refractivity contribution < 1.29 is 9.47 Å². The molecule has 2 N–H and O–H groups in total. The molecule has 2 spiro atoms. The number of likely N-dealkylation sites (N-methyl/N-ethyl adjacent to an activating group) is 4. The van der Waals surface area contributed by atoms with Gasteiger partial charge in [0.1, 0.15) is 0 Å². The molecule has 4 aliphatic rings. The predicted octanol–water partition coefficient (Wildman–Crippen LogP) is 5.67. The van der Waals surface area contributed by atoms with E-state index in [-0.39, 0.29) is 11.2 Å². The summed E-state index contributed by atoms with van der Waals surface area (Å²) < 4.78 is 17.1. The molecular formula is C38H68N8O2. The number of nitrogens with zero attached hydrogens (tertiary/aromatic N) is 6. The zero-order valence-electron chi connectivity index (χ0n) is 31.7. The summed E-state index contributed by atoms with van der Waals surface area (Å²) in [6, 6.07) is 5.42. The van der Waals surface area contributed by atoms with Gasteiger partial charge in [-0.25, -0.2) is 0 Å². The molecule has 2 aliphatic heterocycles. The van der Waals surface area contributed by atoms with Gasteiger partial charge in [0.25, 0.3) is 0 Å². The molecule has 2 aromatic rings. The first-order valence-electron chi connectivity index (χ1n) is 18.9. The van der Waals surface area contributed by atoms with Crippen molar-refractivity contribution in [1.29, 1.82) is 0 Å². The standard InChI is InChI=1S/2C19H34N4O/c2*1-18(2)14-19(24-15-18)8-5-16(6-9-19)23-17(7-10-21-23)13-22(4)12-11-20-3/h2*7,10,16,20H,5-6,8-9,11-15H2,1-4H3. The summed E-state index contributed by atoms with van der Waals surface area (Å²) in [5.74, 6) is 0. The van der Waals surface area contributed by atoms with Gasteiger partial charge in [0, 0.05) is 51.7 Å². The van der Waals surface area contributed by atoms with Crippen LogP contribution in [-0.4, -0.2) is 108 Å². The van der Waals surface area contributed by atoms with Crippen LogP contribution in [0.15, 0.2) is 24.5 Å². The minimum Gasteiger partial charge on any atom is -0.374 e. The van der Waals surface area contributed by atoms with Gasteiger partial charge in [0.2, 0.25) is 0 Å². The quantitative estimate of drug-likeness (QED) is 0.300. The van der Waals surface area contributed by atoms with Gasteiger partial charge in [0.05, 0.1) is 47.9 Å². The molecule has 0 bridgehead atoms. The first-order valence-corrected chi connectivity index (χ1v) is 18.9. The van der Waals surface area contributed by atoms with E-state index in [1.807, 2.05) is 26.5 Å². The largest absolute Gasteiger partial charge is 0.374 e. The molecule has 2 aliphatic carbocycles. The smallest absolute Gasteiger partial charge is 0.0690 e. The molecule has 6 rings (SSSR count). The fourth-order valence-electron chi connectivity index (χ4n) is 8.94. The summed E-state index contributed by atoms with van der Waals surface area (Å²) in [6.07, 6.45) is 15.8. The number of nitrogens with one attached hydrogen (secondary N) is 2. The van der Waals surface area contributed by atoms with Crippen molar-refractivity contribution in [3.8, 4) is 0 Å². The summed E-state index contributed by atoms with van der Waals surface area (Å²) in [4.78, 5) is 4.72. The monoisotopic (exact) mass is 669 g/mol. The molecule has 0 radical (unpaired) electrons. The Balaban J connectivity index is 0.000000188. The highest BCUT2D eigenvalue weighted by atomic mass is 16.5. The summed E-state index contributed by atoms with van der Waals surface area (Å²) >= 11 is 0. The summed E-state index contributed by atoms with van der Waals surface area (Å²) in [5, 5.41) is 15.7. The average molecular weight is 669 g/mol. The van der Waals surface area contributed by atoms with Crippen LogP contribution in [0.2, 0.25) is 0 Å². The van der Waals surface area contributed by atoms with Gasteiger partial charge in [-0.15, -0.1) is 0 Å². The van der Waals surface area contributed by atoms with Crippen molar-refractivity contribution in [2.24, 2.45) is 10.8 Å². The zero-order chi connectivity index (χ0) is 34.4. The molecule has 0 aromatic carbocycles. The molecule has 272 valence electrons. The molecule has 2 saturated carbocycles. The number of rotatable bonds is 12. The van der Waals surface area contributed by atoms with Crippen molar-refractivity contribution in [2.45, 2.75) is 128 Å². The van der Waals surface area contributed by atoms with Crippen LogP contribution in [0.1, 0.15) is 115 Å². The van der Waals surface area contributed by atoms with Crippen LogP contribution < -0.4 is 10.6 Å². The lowest BCUT2D eigenvalue weighted by Crippen LogP contribution is -2.35. The molecule has 10 nitrogen and oxygen atoms in total. The maximum absolute atomic E-state index is 6.26. The van der Waals surface area contributed by atoms with E-state index in [9.17, 15) is 0 Å². The van der Waals surface area contributed by atoms with Gasteiger partial charge in [-0.05, 0) is 115 Å². The molecular weight excluding hydrogens is 600 g/mol. The lowest BCUT2D eigenvalue weighted by molar-refractivity contribution is -0.0355. The minimum absolute atomic E-state index is 0.150. The molecule has 2 saturated heterocycles. The van der Waals surface area contributed by atoms with E-state index in [1.165, 1.54) is 75.6 Å². The molecule has 10 heteroatoms. The van der Waals surface area contributed by atoms with E-state index in [2.05, 4.69) is 93.9 Å². The van der Waals surface area contributed by atoms with E-state index in [4.69, 9.17) is 9.47 Å². The number of hydrogen-bond donors (Lipinski definition) is 2. The van der Waals surface area contributed by atoms with E-state index in [1.54, 1.807) is 0 Å². The Morgan fingerprint density at radius 2 is 1.06 bits per heavy atom. The Kier molecular flexibility index (Phi) is 12.5. The van der Waals surface area contributed by atoms with E-state index >= 15 is 0 Å². The molecule has 0 amide bonds. The molecule has 48 heavy (non-hydrogen) atoms. The van der Waals surface area contributed by atoms with Crippen molar-refractivity contribution in [3.05, 3.63) is 35.9 Å². The van der Waals surface area contributed by atoms with Crippen LogP contribution in [0.5, 0.6) is 0 Å². The second-order valence-corrected chi connectivity index (χ2v) is 17.3. The van der Waals surface area contributed by atoms with Crippen molar-refractivity contribution in [1.82, 2.24) is 40.0 Å². The van der Waals surface area contributed by atoms with Gasteiger partial charge in [0.15, 0.2) is 0 Å². The minimum atomic E-state index is 0.150. The molecule has 0 unspecified atom stereocenters. The third-order valence-corrected chi connectivity index (χ3v) is 11.4. The van der Waals surface area contributed by atoms with Gasteiger partial charge >= 0.3 is 0 Å². The first-order chi connectivity index (χ1) is 22.9. The van der Waals surface area contributed by atoms with Crippen molar-refractivity contribution in [2.75, 3.05) is 67.6 Å². The fraction of sp³-hybridized carbons (Fsp3) is 0.842. The molecule has 4 fully saturated rings.